The molecule has 28 heavy (non-hydrogen) atoms. The van der Waals surface area contributed by atoms with Crippen molar-refractivity contribution in [1.82, 2.24) is 16.0 Å². The molecule has 0 radical (unpaired) electrons. The topological polar surface area (TPSA) is 78.7 Å². The molecule has 1 aliphatic rings. The highest BCUT2D eigenvalue weighted by Gasteiger charge is 2.35. The Labute approximate surface area is 166 Å². The third-order valence-electron chi connectivity index (χ3n) is 5.28. The molecule has 6 nitrogen and oxygen atoms in total. The number of guanidine groups is 1. The Morgan fingerprint density at radius 1 is 1.04 bits per heavy atom. The standard InChI is InChI=1S/C22H30N4O2/c1-2-23-21(25-15-14-24-20(27)19-11-8-16-28-19)26-17-22(12-6-7-13-22)18-9-4-3-5-10-18/h3-5,8-11,16H,2,6-7,12-15,17H2,1H3,(H,24,27)(H2,23,25,26). The highest BCUT2D eigenvalue weighted by Crippen LogP contribution is 2.41. The molecule has 1 amide bonds. The van der Waals surface area contributed by atoms with Crippen molar-refractivity contribution in [3.8, 4) is 0 Å². The van der Waals surface area contributed by atoms with Gasteiger partial charge in [0.1, 0.15) is 0 Å². The van der Waals surface area contributed by atoms with E-state index in [4.69, 9.17) is 9.41 Å². The van der Waals surface area contributed by atoms with E-state index in [9.17, 15) is 4.79 Å². The van der Waals surface area contributed by atoms with Crippen LogP contribution in [0.5, 0.6) is 0 Å². The number of carbonyl (C=O) groups excluding carboxylic acids is 1. The number of amides is 1. The van der Waals surface area contributed by atoms with Crippen LogP contribution < -0.4 is 16.0 Å². The summed E-state index contributed by atoms with van der Waals surface area (Å²) >= 11 is 0. The Bertz CT molecular complexity index is 750. The zero-order chi connectivity index (χ0) is 19.7. The van der Waals surface area contributed by atoms with E-state index < -0.39 is 0 Å². The summed E-state index contributed by atoms with van der Waals surface area (Å²) < 4.78 is 5.09. The number of hydrogen-bond acceptors (Lipinski definition) is 3. The highest BCUT2D eigenvalue weighted by atomic mass is 16.3. The summed E-state index contributed by atoms with van der Waals surface area (Å²) in [6.45, 7) is 4.71. The van der Waals surface area contributed by atoms with Gasteiger partial charge in [0.05, 0.1) is 12.8 Å². The second-order valence-corrected chi connectivity index (χ2v) is 7.21. The molecule has 0 spiro atoms. The largest absolute Gasteiger partial charge is 0.459 e. The summed E-state index contributed by atoms with van der Waals surface area (Å²) in [6.07, 6.45) is 6.37. The third kappa shape index (κ3) is 5.15. The molecule has 0 atom stereocenters. The molecule has 1 heterocycles. The van der Waals surface area contributed by atoms with Gasteiger partial charge in [-0.25, -0.2) is 0 Å². The molecule has 1 fully saturated rings. The van der Waals surface area contributed by atoms with Crippen molar-refractivity contribution in [1.29, 1.82) is 0 Å². The highest BCUT2D eigenvalue weighted by molar-refractivity contribution is 5.91. The smallest absolute Gasteiger partial charge is 0.287 e. The van der Waals surface area contributed by atoms with E-state index in [1.54, 1.807) is 12.1 Å². The summed E-state index contributed by atoms with van der Waals surface area (Å²) in [5.41, 5.74) is 1.52. The fourth-order valence-electron chi connectivity index (χ4n) is 3.81. The zero-order valence-corrected chi connectivity index (χ0v) is 16.5. The summed E-state index contributed by atoms with van der Waals surface area (Å²) in [4.78, 5) is 16.8. The first-order valence-electron chi connectivity index (χ1n) is 10.1. The molecule has 1 aromatic heterocycles. The van der Waals surface area contributed by atoms with E-state index in [0.717, 1.165) is 19.0 Å². The van der Waals surface area contributed by atoms with Gasteiger partial charge in [0.25, 0.3) is 5.91 Å². The quantitative estimate of drug-likeness (QED) is 0.372. The average Bonchev–Trinajstić information content (AvgIpc) is 3.43. The molecule has 1 aromatic carbocycles. The number of carbonyl (C=O) groups is 1. The molecule has 3 N–H and O–H groups in total. The van der Waals surface area contributed by atoms with Crippen LogP contribution in [0.25, 0.3) is 0 Å². The van der Waals surface area contributed by atoms with Gasteiger partial charge in [-0.2, -0.15) is 0 Å². The molecule has 0 aliphatic heterocycles. The number of nitrogens with zero attached hydrogens (tertiary/aromatic N) is 1. The van der Waals surface area contributed by atoms with Crippen molar-refractivity contribution in [2.75, 3.05) is 26.2 Å². The Morgan fingerprint density at radius 2 is 1.79 bits per heavy atom. The first-order chi connectivity index (χ1) is 13.7. The van der Waals surface area contributed by atoms with E-state index >= 15 is 0 Å². The molecule has 1 aliphatic carbocycles. The van der Waals surface area contributed by atoms with E-state index in [2.05, 4.69) is 53.2 Å². The van der Waals surface area contributed by atoms with Gasteiger partial charge in [-0.3, -0.25) is 9.79 Å². The lowest BCUT2D eigenvalue weighted by atomic mass is 9.79. The minimum atomic E-state index is -0.206. The van der Waals surface area contributed by atoms with Crippen LogP contribution in [0.2, 0.25) is 0 Å². The summed E-state index contributed by atoms with van der Waals surface area (Å²) in [7, 11) is 0. The summed E-state index contributed by atoms with van der Waals surface area (Å²) in [5, 5.41) is 9.44. The number of benzene rings is 1. The van der Waals surface area contributed by atoms with E-state index in [0.29, 0.717) is 18.8 Å². The van der Waals surface area contributed by atoms with E-state index in [1.165, 1.54) is 37.5 Å². The second kappa shape index (κ2) is 9.97. The number of aliphatic imine (C=N–C) groups is 1. The van der Waals surface area contributed by atoms with Crippen LogP contribution in [0.1, 0.15) is 48.7 Å². The normalized spacial score (nSPS) is 16.0. The average molecular weight is 383 g/mol. The van der Waals surface area contributed by atoms with Gasteiger partial charge < -0.3 is 20.4 Å². The van der Waals surface area contributed by atoms with Gasteiger partial charge in [-0.05, 0) is 37.5 Å². The maximum atomic E-state index is 11.9. The Balaban J connectivity index is 1.55. The van der Waals surface area contributed by atoms with Gasteiger partial charge in [0.2, 0.25) is 0 Å². The first kappa shape index (κ1) is 20.0. The maximum absolute atomic E-state index is 11.9. The van der Waals surface area contributed by atoms with Crippen LogP contribution >= 0.6 is 0 Å². The lowest BCUT2D eigenvalue weighted by Gasteiger charge is -2.28. The van der Waals surface area contributed by atoms with E-state index in [-0.39, 0.29) is 11.3 Å². The van der Waals surface area contributed by atoms with Gasteiger partial charge in [0.15, 0.2) is 11.7 Å². The van der Waals surface area contributed by atoms with Crippen LogP contribution in [0.15, 0.2) is 58.1 Å². The minimum absolute atomic E-state index is 0.136. The molecule has 0 unspecified atom stereocenters. The molecular formula is C22H30N4O2. The summed E-state index contributed by atoms with van der Waals surface area (Å²) in [5.74, 6) is 0.909. The first-order valence-corrected chi connectivity index (χ1v) is 10.1. The fourth-order valence-corrected chi connectivity index (χ4v) is 3.81. The Hall–Kier alpha value is -2.76. The van der Waals surface area contributed by atoms with Crippen molar-refractivity contribution in [2.45, 2.75) is 38.0 Å². The van der Waals surface area contributed by atoms with Crippen LogP contribution in [0, 0.1) is 0 Å². The van der Waals surface area contributed by atoms with Gasteiger partial charge in [-0.1, -0.05) is 43.2 Å². The minimum Gasteiger partial charge on any atom is -0.459 e. The molecule has 2 aromatic rings. The number of nitrogens with one attached hydrogen (secondary N) is 3. The zero-order valence-electron chi connectivity index (χ0n) is 16.5. The SMILES string of the molecule is CCNC(=NCC1(c2ccccc2)CCCC1)NCCNC(=O)c1ccco1. The van der Waals surface area contributed by atoms with Crippen molar-refractivity contribution in [2.24, 2.45) is 4.99 Å². The molecule has 0 saturated heterocycles. The van der Waals surface area contributed by atoms with Crippen molar-refractivity contribution >= 4 is 11.9 Å². The lowest BCUT2D eigenvalue weighted by molar-refractivity contribution is 0.0926. The predicted octanol–water partition coefficient (Wildman–Crippen LogP) is 3.08. The monoisotopic (exact) mass is 382 g/mol. The van der Waals surface area contributed by atoms with Crippen LogP contribution in [-0.2, 0) is 5.41 Å². The number of furan rings is 1. The molecule has 0 bridgehead atoms. The van der Waals surface area contributed by atoms with Crippen molar-refractivity contribution < 1.29 is 9.21 Å². The van der Waals surface area contributed by atoms with Crippen LogP contribution in [-0.4, -0.2) is 38.0 Å². The molecule has 6 heteroatoms. The van der Waals surface area contributed by atoms with Gasteiger partial charge in [-0.15, -0.1) is 0 Å². The lowest BCUT2D eigenvalue weighted by Crippen LogP contribution is -2.42. The Morgan fingerprint density at radius 3 is 2.46 bits per heavy atom. The van der Waals surface area contributed by atoms with Gasteiger partial charge >= 0.3 is 0 Å². The van der Waals surface area contributed by atoms with Crippen molar-refractivity contribution in [3.05, 3.63) is 60.1 Å². The molecule has 1 saturated carbocycles. The predicted molar refractivity (Wildman–Crippen MR) is 112 cm³/mol. The van der Waals surface area contributed by atoms with Crippen molar-refractivity contribution in [3.63, 3.8) is 0 Å². The molecular weight excluding hydrogens is 352 g/mol. The molecule has 150 valence electrons. The van der Waals surface area contributed by atoms with E-state index in [1.807, 2.05) is 0 Å². The fraction of sp³-hybridized carbons (Fsp3) is 0.455. The number of hydrogen-bond donors (Lipinski definition) is 3. The third-order valence-corrected chi connectivity index (χ3v) is 5.28. The van der Waals surface area contributed by atoms with Crippen LogP contribution in [0.3, 0.4) is 0 Å². The molecule has 3 rings (SSSR count). The Kier molecular flexibility index (Phi) is 7.12. The van der Waals surface area contributed by atoms with Gasteiger partial charge in [0, 0.05) is 25.0 Å². The summed E-state index contributed by atoms with van der Waals surface area (Å²) in [6, 6.07) is 14.1. The van der Waals surface area contributed by atoms with Crippen LogP contribution in [0.4, 0.5) is 0 Å². The number of rotatable bonds is 8. The maximum Gasteiger partial charge on any atom is 0.287 e. The second-order valence-electron chi connectivity index (χ2n) is 7.21.